The van der Waals surface area contributed by atoms with Crippen molar-refractivity contribution < 1.29 is 4.79 Å². The molecule has 3 rings (SSSR count). The fourth-order valence-corrected chi connectivity index (χ4v) is 2.11. The van der Waals surface area contributed by atoms with Crippen LogP contribution < -0.4 is 11.0 Å². The normalized spacial score (nSPS) is 10.7. The largest absolute Gasteiger partial charge is 0.330 e. The molecule has 1 amide bonds. The van der Waals surface area contributed by atoms with Crippen molar-refractivity contribution in [1.29, 1.82) is 0 Å². The van der Waals surface area contributed by atoms with E-state index in [4.69, 9.17) is 12.2 Å². The number of amides is 1. The number of para-hydroxylation sites is 1. The number of benzene rings is 1. The van der Waals surface area contributed by atoms with E-state index in [-0.39, 0.29) is 10.5 Å². The number of aromatic nitrogens is 5. The Bertz CT molecular complexity index is 954. The van der Waals surface area contributed by atoms with Crippen LogP contribution in [0.3, 0.4) is 0 Å². The Morgan fingerprint density at radius 2 is 2.14 bits per heavy atom. The number of aromatic amines is 1. The molecule has 0 saturated carbocycles. The topological polar surface area (TPSA) is 97.6 Å². The van der Waals surface area contributed by atoms with Crippen LogP contribution in [0.1, 0.15) is 10.5 Å². The van der Waals surface area contributed by atoms with Gasteiger partial charge in [0.1, 0.15) is 0 Å². The molecule has 2 heterocycles. The van der Waals surface area contributed by atoms with E-state index in [2.05, 4.69) is 20.7 Å². The number of fused-ring (bicyclic) bond motifs is 1. The van der Waals surface area contributed by atoms with Gasteiger partial charge in [0.25, 0.3) is 11.5 Å². The summed E-state index contributed by atoms with van der Waals surface area (Å²) in [5.41, 5.74) is 2.70. The fraction of sp³-hybridized carbons (Fsp3) is 0.0833. The van der Waals surface area contributed by atoms with Gasteiger partial charge in [0.15, 0.2) is 10.5 Å². The van der Waals surface area contributed by atoms with Crippen molar-refractivity contribution >= 4 is 29.0 Å². The molecule has 9 heteroatoms. The van der Waals surface area contributed by atoms with Gasteiger partial charge in [0, 0.05) is 7.05 Å². The van der Waals surface area contributed by atoms with Gasteiger partial charge in [-0.2, -0.15) is 4.68 Å². The third-order valence-electron chi connectivity index (χ3n) is 2.85. The zero-order valence-corrected chi connectivity index (χ0v) is 11.7. The van der Waals surface area contributed by atoms with Gasteiger partial charge in [-0.05, 0) is 24.4 Å². The van der Waals surface area contributed by atoms with Crippen molar-refractivity contribution in [3.05, 3.63) is 51.3 Å². The minimum absolute atomic E-state index is 0.0898. The van der Waals surface area contributed by atoms with Gasteiger partial charge >= 0.3 is 0 Å². The van der Waals surface area contributed by atoms with Crippen LogP contribution in [0.5, 0.6) is 0 Å². The second-order valence-electron chi connectivity index (χ2n) is 4.33. The maximum absolute atomic E-state index is 12.3. The Morgan fingerprint density at radius 1 is 1.38 bits per heavy atom. The van der Waals surface area contributed by atoms with Crippen LogP contribution >= 0.6 is 12.2 Å². The first-order valence-corrected chi connectivity index (χ1v) is 6.39. The molecular formula is C12H10N6O2S. The first kappa shape index (κ1) is 13.2. The molecule has 1 aromatic carbocycles. The average Bonchev–Trinajstić information content (AvgIpc) is 2.90. The van der Waals surface area contributed by atoms with Crippen molar-refractivity contribution in [2.24, 2.45) is 7.05 Å². The smallest absolute Gasteiger partial charge is 0.292 e. The summed E-state index contributed by atoms with van der Waals surface area (Å²) in [5.74, 6) is -0.569. The molecule has 8 nitrogen and oxygen atoms in total. The second kappa shape index (κ2) is 4.94. The highest BCUT2D eigenvalue weighted by molar-refractivity contribution is 7.71. The zero-order valence-electron chi connectivity index (χ0n) is 10.9. The van der Waals surface area contributed by atoms with Gasteiger partial charge in [0.05, 0.1) is 17.1 Å². The molecule has 21 heavy (non-hydrogen) atoms. The number of nitrogens with one attached hydrogen (secondary N) is 2. The molecule has 0 aliphatic heterocycles. The third-order valence-corrected chi connectivity index (χ3v) is 3.14. The Hall–Kier alpha value is -2.81. The lowest BCUT2D eigenvalue weighted by molar-refractivity contribution is 0.100. The third kappa shape index (κ3) is 2.34. The molecule has 0 aliphatic carbocycles. The lowest BCUT2D eigenvalue weighted by Gasteiger charge is -2.08. The first-order valence-electron chi connectivity index (χ1n) is 5.98. The Labute approximate surface area is 123 Å². The molecule has 0 aliphatic rings. The molecule has 106 valence electrons. The first-order chi connectivity index (χ1) is 10.1. The van der Waals surface area contributed by atoms with Gasteiger partial charge in [-0.1, -0.05) is 17.3 Å². The standard InChI is InChI=1S/C12H10N6O2S/c1-17-6-9(14-16-17)10(19)15-18-11(20)7-4-2-3-5-8(7)13-12(18)21/h2-6H,1H3,(H,13,21)(H,15,19). The molecule has 2 N–H and O–H groups in total. The number of nitrogens with zero attached hydrogens (tertiary/aromatic N) is 4. The van der Waals surface area contributed by atoms with Crippen LogP contribution in [-0.2, 0) is 7.05 Å². The van der Waals surface area contributed by atoms with E-state index < -0.39 is 11.5 Å². The number of hydrogen-bond acceptors (Lipinski definition) is 5. The average molecular weight is 302 g/mol. The number of hydrogen-bond donors (Lipinski definition) is 2. The van der Waals surface area contributed by atoms with Crippen LogP contribution in [0.2, 0.25) is 0 Å². The highest BCUT2D eigenvalue weighted by Crippen LogP contribution is 2.05. The molecule has 0 atom stereocenters. The highest BCUT2D eigenvalue weighted by atomic mass is 32.1. The highest BCUT2D eigenvalue weighted by Gasteiger charge is 2.13. The number of aryl methyl sites for hydroxylation is 1. The molecule has 0 spiro atoms. The molecule has 2 aromatic heterocycles. The van der Waals surface area contributed by atoms with Crippen LogP contribution in [0.4, 0.5) is 0 Å². The van der Waals surface area contributed by atoms with E-state index in [9.17, 15) is 9.59 Å². The van der Waals surface area contributed by atoms with E-state index in [1.54, 1.807) is 31.3 Å². The van der Waals surface area contributed by atoms with Gasteiger partial charge in [-0.15, -0.1) is 5.10 Å². The van der Waals surface area contributed by atoms with Crippen molar-refractivity contribution in [1.82, 2.24) is 24.7 Å². The van der Waals surface area contributed by atoms with Crippen molar-refractivity contribution in [2.45, 2.75) is 0 Å². The SMILES string of the molecule is Cn1cc(C(=O)Nn2c(=S)[nH]c3ccccc3c2=O)nn1. The summed E-state index contributed by atoms with van der Waals surface area (Å²) in [6.07, 6.45) is 1.44. The van der Waals surface area contributed by atoms with Crippen LogP contribution in [0, 0.1) is 4.77 Å². The van der Waals surface area contributed by atoms with Gasteiger partial charge in [-0.3, -0.25) is 19.7 Å². The minimum atomic E-state index is -0.569. The summed E-state index contributed by atoms with van der Waals surface area (Å²) in [4.78, 5) is 27.2. The van der Waals surface area contributed by atoms with Crippen LogP contribution in [0.15, 0.2) is 35.3 Å². The van der Waals surface area contributed by atoms with E-state index in [1.807, 2.05) is 0 Å². The summed E-state index contributed by atoms with van der Waals surface area (Å²) >= 11 is 5.09. The lowest BCUT2D eigenvalue weighted by atomic mass is 10.2. The molecule has 0 bridgehead atoms. The summed E-state index contributed by atoms with van der Waals surface area (Å²) in [6.45, 7) is 0. The fourth-order valence-electron chi connectivity index (χ4n) is 1.87. The summed E-state index contributed by atoms with van der Waals surface area (Å²) < 4.78 is 2.46. The van der Waals surface area contributed by atoms with Crippen molar-refractivity contribution in [2.75, 3.05) is 5.43 Å². The summed E-state index contributed by atoms with van der Waals surface area (Å²) in [6, 6.07) is 6.90. The maximum Gasteiger partial charge on any atom is 0.292 e. The molecule has 0 radical (unpaired) electrons. The monoisotopic (exact) mass is 302 g/mol. The molecular weight excluding hydrogens is 292 g/mol. The Kier molecular flexibility index (Phi) is 3.10. The van der Waals surface area contributed by atoms with Crippen molar-refractivity contribution in [3.8, 4) is 0 Å². The van der Waals surface area contributed by atoms with E-state index in [0.29, 0.717) is 10.9 Å². The molecule has 0 fully saturated rings. The van der Waals surface area contributed by atoms with Gasteiger partial charge < -0.3 is 4.98 Å². The quantitative estimate of drug-likeness (QED) is 0.675. The van der Waals surface area contributed by atoms with Crippen LogP contribution in [0.25, 0.3) is 10.9 Å². The van der Waals surface area contributed by atoms with Gasteiger partial charge in [0.2, 0.25) is 0 Å². The van der Waals surface area contributed by atoms with E-state index >= 15 is 0 Å². The minimum Gasteiger partial charge on any atom is -0.330 e. The molecule has 3 aromatic rings. The number of carbonyl (C=O) groups excluding carboxylic acids is 1. The van der Waals surface area contributed by atoms with E-state index in [1.165, 1.54) is 10.9 Å². The predicted octanol–water partition coefficient (Wildman–Crippen LogP) is 0.571. The number of H-pyrrole nitrogens is 1. The Balaban J connectivity index is 2.07. The lowest BCUT2D eigenvalue weighted by Crippen LogP contribution is -2.34. The molecule has 0 unspecified atom stereocenters. The van der Waals surface area contributed by atoms with Crippen molar-refractivity contribution in [3.63, 3.8) is 0 Å². The Morgan fingerprint density at radius 3 is 2.86 bits per heavy atom. The van der Waals surface area contributed by atoms with Crippen LogP contribution in [-0.4, -0.2) is 30.6 Å². The maximum atomic E-state index is 12.3. The summed E-state index contributed by atoms with van der Waals surface area (Å²) in [5, 5.41) is 7.76. The van der Waals surface area contributed by atoms with Gasteiger partial charge in [-0.25, -0.2) is 0 Å². The number of carbonyl (C=O) groups is 1. The summed E-state index contributed by atoms with van der Waals surface area (Å²) in [7, 11) is 1.64. The second-order valence-corrected chi connectivity index (χ2v) is 4.72. The molecule has 0 saturated heterocycles. The van der Waals surface area contributed by atoms with E-state index in [0.717, 1.165) is 4.68 Å². The predicted molar refractivity (Wildman–Crippen MR) is 78.1 cm³/mol. The number of rotatable bonds is 2. The zero-order chi connectivity index (χ0) is 15.0.